The van der Waals surface area contributed by atoms with Crippen LogP contribution < -0.4 is 4.90 Å². The molecular formula is C16H14N4OS. The Morgan fingerprint density at radius 3 is 2.82 bits per heavy atom. The number of fused-ring (bicyclic) bond motifs is 3. The van der Waals surface area contributed by atoms with Crippen molar-refractivity contribution in [3.05, 3.63) is 47.7 Å². The normalized spacial score (nSPS) is 17.5. The predicted molar refractivity (Wildman–Crippen MR) is 88.3 cm³/mol. The standard InChI is InChI=1S/C16H14N4OS/c1-22(21)16-18-10-12-9-13(11-5-3-2-4-6-11)15-17-7-8-20(15)14(12)19-16/h2-6,9-10H,7-8H2,1H3. The topological polar surface area (TPSA) is 64.4 Å². The van der Waals surface area contributed by atoms with Crippen molar-refractivity contribution in [1.29, 1.82) is 0 Å². The van der Waals surface area contributed by atoms with E-state index in [0.717, 1.165) is 41.4 Å². The number of anilines is 1. The molecule has 3 heterocycles. The lowest BCUT2D eigenvalue weighted by Crippen LogP contribution is -2.32. The summed E-state index contributed by atoms with van der Waals surface area (Å²) in [6.07, 6.45) is 5.40. The van der Waals surface area contributed by atoms with Crippen LogP contribution in [-0.4, -0.2) is 39.7 Å². The molecule has 0 amide bonds. The minimum Gasteiger partial charge on any atom is -0.609 e. The minimum absolute atomic E-state index is 0.363. The molecule has 0 saturated heterocycles. The summed E-state index contributed by atoms with van der Waals surface area (Å²) in [4.78, 5) is 15.4. The van der Waals surface area contributed by atoms with E-state index in [1.165, 1.54) is 0 Å². The quantitative estimate of drug-likeness (QED) is 0.628. The second-order valence-electron chi connectivity index (χ2n) is 5.17. The third-order valence-corrected chi connectivity index (χ3v) is 4.46. The molecule has 2 aromatic rings. The summed E-state index contributed by atoms with van der Waals surface area (Å²) in [6, 6.07) is 10.2. The Hall–Kier alpha value is -2.18. The van der Waals surface area contributed by atoms with Crippen molar-refractivity contribution in [1.82, 2.24) is 9.97 Å². The maximum absolute atomic E-state index is 11.6. The molecule has 1 unspecified atom stereocenters. The van der Waals surface area contributed by atoms with Crippen molar-refractivity contribution in [2.75, 3.05) is 24.2 Å². The van der Waals surface area contributed by atoms with E-state index in [9.17, 15) is 4.55 Å². The molecule has 0 fully saturated rings. The smallest absolute Gasteiger partial charge is 0.344 e. The third-order valence-electron chi connectivity index (χ3n) is 3.75. The van der Waals surface area contributed by atoms with E-state index < -0.39 is 11.2 Å². The molecule has 1 aromatic heterocycles. The number of amidine groups is 1. The highest BCUT2D eigenvalue weighted by atomic mass is 32.2. The van der Waals surface area contributed by atoms with E-state index >= 15 is 0 Å². The van der Waals surface area contributed by atoms with Crippen LogP contribution in [0, 0.1) is 0 Å². The van der Waals surface area contributed by atoms with Gasteiger partial charge in [0.15, 0.2) is 0 Å². The summed E-state index contributed by atoms with van der Waals surface area (Å²) >= 11 is -1.19. The highest BCUT2D eigenvalue weighted by Gasteiger charge is 2.31. The van der Waals surface area contributed by atoms with Crippen LogP contribution >= 0.6 is 0 Å². The molecular weight excluding hydrogens is 296 g/mol. The van der Waals surface area contributed by atoms with Gasteiger partial charge in [0.25, 0.3) is 0 Å². The molecule has 0 radical (unpaired) electrons. The number of rotatable bonds is 2. The molecule has 0 bridgehead atoms. The molecule has 22 heavy (non-hydrogen) atoms. The first-order valence-electron chi connectivity index (χ1n) is 7.04. The van der Waals surface area contributed by atoms with Crippen LogP contribution in [0.5, 0.6) is 0 Å². The van der Waals surface area contributed by atoms with Crippen molar-refractivity contribution in [2.24, 2.45) is 4.99 Å². The number of aromatic nitrogens is 2. The van der Waals surface area contributed by atoms with Crippen molar-refractivity contribution >= 4 is 34.5 Å². The summed E-state index contributed by atoms with van der Waals surface area (Å²) in [7, 11) is 0. The van der Waals surface area contributed by atoms with Gasteiger partial charge in [-0.25, -0.2) is 0 Å². The molecule has 0 spiro atoms. The highest BCUT2D eigenvalue weighted by molar-refractivity contribution is 7.90. The van der Waals surface area contributed by atoms with E-state index in [-0.39, 0.29) is 0 Å². The molecule has 6 heteroatoms. The van der Waals surface area contributed by atoms with E-state index in [0.29, 0.717) is 5.16 Å². The van der Waals surface area contributed by atoms with Crippen molar-refractivity contribution in [2.45, 2.75) is 5.16 Å². The van der Waals surface area contributed by atoms with E-state index in [2.05, 4.69) is 38.1 Å². The van der Waals surface area contributed by atoms with E-state index in [4.69, 9.17) is 0 Å². The molecule has 4 rings (SSSR count). The zero-order valence-electron chi connectivity index (χ0n) is 12.1. The van der Waals surface area contributed by atoms with Gasteiger partial charge in [-0.3, -0.25) is 4.99 Å². The first-order valence-corrected chi connectivity index (χ1v) is 8.60. The van der Waals surface area contributed by atoms with Crippen molar-refractivity contribution < 1.29 is 4.55 Å². The molecule has 2 aliphatic heterocycles. The van der Waals surface area contributed by atoms with Crippen LogP contribution in [0.1, 0.15) is 11.1 Å². The summed E-state index contributed by atoms with van der Waals surface area (Å²) in [5.74, 6) is 1.74. The maximum Gasteiger partial charge on any atom is 0.344 e. The van der Waals surface area contributed by atoms with Crippen molar-refractivity contribution in [3.8, 4) is 0 Å². The second kappa shape index (κ2) is 5.23. The van der Waals surface area contributed by atoms with Gasteiger partial charge in [0, 0.05) is 35.1 Å². The van der Waals surface area contributed by atoms with Gasteiger partial charge in [-0.1, -0.05) is 30.3 Å². The summed E-state index contributed by atoms with van der Waals surface area (Å²) in [6.45, 7) is 1.53. The van der Waals surface area contributed by atoms with Crippen molar-refractivity contribution in [3.63, 3.8) is 0 Å². The lowest BCUT2D eigenvalue weighted by atomic mass is 9.99. The molecule has 0 saturated carbocycles. The molecule has 2 aliphatic rings. The lowest BCUT2D eigenvalue weighted by Gasteiger charge is -2.27. The second-order valence-corrected chi connectivity index (χ2v) is 6.44. The predicted octanol–water partition coefficient (Wildman–Crippen LogP) is 1.99. The third kappa shape index (κ3) is 2.12. The van der Waals surface area contributed by atoms with Gasteiger partial charge in [0.1, 0.15) is 17.9 Å². The Morgan fingerprint density at radius 1 is 1.23 bits per heavy atom. The van der Waals surface area contributed by atoms with Crippen LogP contribution in [0.3, 0.4) is 0 Å². The van der Waals surface area contributed by atoms with E-state index in [1.54, 1.807) is 12.5 Å². The molecule has 0 aliphatic carbocycles. The SMILES string of the molecule is C[S+]([O-])c1ncc2c(n1)N1CCN=C1C(c1ccccc1)=C2. The first kappa shape index (κ1) is 13.5. The summed E-state index contributed by atoms with van der Waals surface area (Å²) in [5.41, 5.74) is 3.15. The zero-order valence-corrected chi connectivity index (χ0v) is 12.9. The fraction of sp³-hybridized carbons (Fsp3) is 0.188. The molecule has 5 nitrogen and oxygen atoms in total. The van der Waals surface area contributed by atoms with Gasteiger partial charge in [-0.2, -0.15) is 9.97 Å². The van der Waals surface area contributed by atoms with Crippen LogP contribution in [0.4, 0.5) is 5.82 Å². The average molecular weight is 310 g/mol. The number of aliphatic imine (C=N–C) groups is 1. The largest absolute Gasteiger partial charge is 0.609 e. The van der Waals surface area contributed by atoms with Gasteiger partial charge in [0.05, 0.1) is 6.54 Å². The van der Waals surface area contributed by atoms with Gasteiger partial charge >= 0.3 is 5.16 Å². The fourth-order valence-corrected chi connectivity index (χ4v) is 3.17. The summed E-state index contributed by atoms with van der Waals surface area (Å²) in [5, 5.41) is 0.363. The number of benzene rings is 1. The zero-order chi connectivity index (χ0) is 15.1. The van der Waals surface area contributed by atoms with Gasteiger partial charge in [-0.15, -0.1) is 0 Å². The Morgan fingerprint density at radius 2 is 2.05 bits per heavy atom. The molecule has 0 N–H and O–H groups in total. The maximum atomic E-state index is 11.6. The monoisotopic (exact) mass is 310 g/mol. The Bertz CT molecular complexity index is 786. The van der Waals surface area contributed by atoms with Gasteiger partial charge in [-0.05, 0) is 11.6 Å². The van der Waals surface area contributed by atoms with Crippen LogP contribution in [0.15, 0.2) is 46.7 Å². The molecule has 1 atom stereocenters. The molecule has 110 valence electrons. The van der Waals surface area contributed by atoms with Crippen LogP contribution in [0.2, 0.25) is 0 Å². The van der Waals surface area contributed by atoms with E-state index in [1.807, 2.05) is 18.2 Å². The lowest BCUT2D eigenvalue weighted by molar-refractivity contribution is 0.592. The Balaban J connectivity index is 1.88. The first-order chi connectivity index (χ1) is 10.7. The highest BCUT2D eigenvalue weighted by Crippen LogP contribution is 2.34. The van der Waals surface area contributed by atoms with Crippen LogP contribution in [-0.2, 0) is 11.2 Å². The van der Waals surface area contributed by atoms with Gasteiger partial charge < -0.3 is 9.45 Å². The fourth-order valence-electron chi connectivity index (χ4n) is 2.76. The average Bonchev–Trinajstić information content (AvgIpc) is 3.04. The Labute approximate surface area is 131 Å². The van der Waals surface area contributed by atoms with Gasteiger partial charge in [0.2, 0.25) is 0 Å². The number of hydrogen-bond acceptors (Lipinski definition) is 5. The Kier molecular flexibility index (Phi) is 3.20. The number of nitrogens with zero attached hydrogens (tertiary/aromatic N) is 4. The molecule has 1 aromatic carbocycles. The summed E-state index contributed by atoms with van der Waals surface area (Å²) < 4.78 is 11.6. The minimum atomic E-state index is -1.19. The van der Waals surface area contributed by atoms with Crippen LogP contribution in [0.25, 0.3) is 11.6 Å². The number of hydrogen-bond donors (Lipinski definition) is 0.